The van der Waals surface area contributed by atoms with Crippen molar-refractivity contribution in [3.8, 4) is 23.7 Å². The summed E-state index contributed by atoms with van der Waals surface area (Å²) < 4.78 is 26.9. The predicted molar refractivity (Wildman–Crippen MR) is 227 cm³/mol. The van der Waals surface area contributed by atoms with E-state index >= 15 is 0 Å². The minimum atomic E-state index is -0.983. The Morgan fingerprint density at radius 1 is 0.632 bits per heavy atom. The van der Waals surface area contributed by atoms with E-state index in [1.807, 2.05) is 12.1 Å². The maximum absolute atomic E-state index is 13.6. The van der Waals surface area contributed by atoms with Crippen molar-refractivity contribution >= 4 is 11.9 Å². The lowest BCUT2D eigenvalue weighted by Gasteiger charge is -2.31. The van der Waals surface area contributed by atoms with Crippen LogP contribution in [0, 0.1) is 58.0 Å². The second-order valence-corrected chi connectivity index (χ2v) is 16.4. The Labute approximate surface area is 338 Å². The molecule has 0 heterocycles. The van der Waals surface area contributed by atoms with E-state index in [2.05, 4.69) is 56.7 Å². The Bertz CT molecular complexity index is 2020. The topological polar surface area (TPSA) is 92.4 Å². The summed E-state index contributed by atoms with van der Waals surface area (Å²) in [5, 5.41) is 11.9. The number of halogens is 2. The quantitative estimate of drug-likeness (QED) is 0.148. The largest absolute Gasteiger partial charge is 0.478 e. The molecule has 2 fully saturated rings. The average Bonchev–Trinajstić information content (AvgIpc) is 3.87. The van der Waals surface area contributed by atoms with Gasteiger partial charge in [-0.15, -0.1) is 0 Å². The summed E-state index contributed by atoms with van der Waals surface area (Å²) in [7, 11) is 0. The molecule has 2 aliphatic carbocycles. The lowest BCUT2D eigenvalue weighted by Crippen LogP contribution is -2.36. The van der Waals surface area contributed by atoms with Crippen LogP contribution < -0.4 is 11.1 Å². The highest BCUT2D eigenvalue weighted by molar-refractivity contribution is 5.94. The van der Waals surface area contributed by atoms with Crippen LogP contribution in [-0.2, 0) is 0 Å². The van der Waals surface area contributed by atoms with E-state index in [-0.39, 0.29) is 28.5 Å². The lowest BCUT2D eigenvalue weighted by molar-refractivity contribution is 0.0696. The molecule has 0 aliphatic heterocycles. The van der Waals surface area contributed by atoms with Gasteiger partial charge in [-0.2, -0.15) is 0 Å². The number of carboxylic acid groups (broad SMARTS) is 1. The summed E-state index contributed by atoms with van der Waals surface area (Å²) in [4.78, 5) is 23.2. The highest BCUT2D eigenvalue weighted by Crippen LogP contribution is 2.43. The molecule has 0 aromatic heterocycles. The number of carboxylic acids is 1. The molecule has 0 bridgehead atoms. The van der Waals surface area contributed by atoms with Gasteiger partial charge in [-0.3, -0.25) is 4.79 Å². The van der Waals surface area contributed by atoms with Crippen LogP contribution in [-0.4, -0.2) is 30.1 Å². The number of rotatable bonds is 9. The third-order valence-corrected chi connectivity index (χ3v) is 10.8. The van der Waals surface area contributed by atoms with Crippen LogP contribution in [0.2, 0.25) is 0 Å². The fourth-order valence-corrected chi connectivity index (χ4v) is 8.10. The molecule has 4 N–H and O–H groups in total. The van der Waals surface area contributed by atoms with Gasteiger partial charge in [0, 0.05) is 23.2 Å². The van der Waals surface area contributed by atoms with Gasteiger partial charge >= 0.3 is 5.97 Å². The highest BCUT2D eigenvalue weighted by Gasteiger charge is 2.35. The van der Waals surface area contributed by atoms with Crippen molar-refractivity contribution < 1.29 is 23.5 Å². The van der Waals surface area contributed by atoms with Gasteiger partial charge in [-0.25, -0.2) is 13.6 Å². The summed E-state index contributed by atoms with van der Waals surface area (Å²) >= 11 is 0. The Morgan fingerprint density at radius 3 is 1.44 bits per heavy atom. The Kier molecular flexibility index (Phi) is 17.1. The zero-order valence-corrected chi connectivity index (χ0v) is 34.0. The van der Waals surface area contributed by atoms with Crippen LogP contribution in [0.5, 0.6) is 0 Å². The second-order valence-electron chi connectivity index (χ2n) is 16.4. The summed E-state index contributed by atoms with van der Waals surface area (Å²) in [6.07, 6.45) is 13.0. The molecule has 0 saturated heterocycles. The van der Waals surface area contributed by atoms with E-state index in [4.69, 9.17) is 10.8 Å². The Morgan fingerprint density at radius 2 is 1.04 bits per heavy atom. The molecule has 300 valence electrons. The smallest absolute Gasteiger partial charge is 0.335 e. The molecular weight excluding hydrogens is 715 g/mol. The second kappa shape index (κ2) is 21.9. The third-order valence-electron chi connectivity index (χ3n) is 10.8. The van der Waals surface area contributed by atoms with Gasteiger partial charge in [0.2, 0.25) is 0 Å². The predicted octanol–water partition coefficient (Wildman–Crippen LogP) is 11.0. The van der Waals surface area contributed by atoms with Gasteiger partial charge in [0.05, 0.1) is 16.7 Å². The molecule has 7 heteroatoms. The van der Waals surface area contributed by atoms with Crippen molar-refractivity contribution in [2.75, 3.05) is 13.1 Å². The molecule has 2 saturated carbocycles. The number of hydrogen-bond donors (Lipinski definition) is 3. The fraction of sp³-hybridized carbons (Fsp3) is 0.400. The fourth-order valence-electron chi connectivity index (χ4n) is 8.10. The SMILES string of the molecule is CC(C)CC1(CN)CCCC1.CC(C)CC1(CNC(=O)c2ccc(C#Cc3ccccc3F)cc2)CCCC1.O=C(O)c1ccc(C#Cc2ccccc2F)cc1. The molecule has 1 amide bonds. The maximum Gasteiger partial charge on any atom is 0.335 e. The molecule has 0 spiro atoms. The van der Waals surface area contributed by atoms with Gasteiger partial charge in [0.25, 0.3) is 5.91 Å². The van der Waals surface area contributed by atoms with Gasteiger partial charge in [-0.1, -0.05) is 101 Å². The summed E-state index contributed by atoms with van der Waals surface area (Å²) in [6, 6.07) is 26.0. The molecule has 4 aromatic carbocycles. The monoisotopic (exact) mass is 772 g/mol. The minimum absolute atomic E-state index is 0.0383. The first kappa shape index (κ1) is 44.5. The van der Waals surface area contributed by atoms with Gasteiger partial charge < -0.3 is 16.2 Å². The molecule has 5 nitrogen and oxygen atoms in total. The average molecular weight is 773 g/mol. The van der Waals surface area contributed by atoms with Crippen molar-refractivity contribution in [2.45, 2.75) is 91.9 Å². The van der Waals surface area contributed by atoms with Crippen LogP contribution in [0.4, 0.5) is 8.78 Å². The number of carbonyl (C=O) groups is 2. The number of amides is 1. The normalized spacial score (nSPS) is 14.8. The number of carbonyl (C=O) groups excluding carboxylic acids is 1. The van der Waals surface area contributed by atoms with Crippen LogP contribution in [0.25, 0.3) is 0 Å². The van der Waals surface area contributed by atoms with Crippen LogP contribution in [0.3, 0.4) is 0 Å². The van der Waals surface area contributed by atoms with Gasteiger partial charge in [0.15, 0.2) is 0 Å². The van der Waals surface area contributed by atoms with Gasteiger partial charge in [0.1, 0.15) is 11.6 Å². The molecule has 57 heavy (non-hydrogen) atoms. The van der Waals surface area contributed by atoms with E-state index < -0.39 is 5.97 Å². The van der Waals surface area contributed by atoms with Crippen molar-refractivity contribution in [3.63, 3.8) is 0 Å². The van der Waals surface area contributed by atoms with E-state index in [9.17, 15) is 18.4 Å². The summed E-state index contributed by atoms with van der Waals surface area (Å²) in [5.41, 5.74) is 9.53. The molecule has 6 rings (SSSR count). The standard InChI is InChI=1S/C25H28FNO.C15H9FO2.C10H21N/c1-19(2)17-25(15-5-6-16-25)18-27-24(28)22-13-10-20(11-14-22)9-12-21-7-3-4-8-23(21)26;16-14-4-2-1-3-12(14)8-5-11-6-9-13(10-7-11)15(17)18;1-9(2)7-10(8-11)5-3-4-6-10/h3-4,7-8,10-11,13-14,19H,5-6,15-18H2,1-2H3,(H,27,28);1-4,6-7,9-10H,(H,17,18);9H,3-8,11H2,1-2H3. The van der Waals surface area contributed by atoms with E-state index in [0.29, 0.717) is 33.6 Å². The van der Waals surface area contributed by atoms with Crippen LogP contribution >= 0.6 is 0 Å². The van der Waals surface area contributed by atoms with Crippen molar-refractivity contribution in [1.82, 2.24) is 5.32 Å². The third kappa shape index (κ3) is 14.3. The van der Waals surface area contributed by atoms with E-state index in [1.165, 1.54) is 82.1 Å². The Hall–Kier alpha value is -5.24. The van der Waals surface area contributed by atoms with Crippen molar-refractivity contribution in [1.29, 1.82) is 0 Å². The van der Waals surface area contributed by atoms with Crippen LogP contribution in [0.15, 0.2) is 97.1 Å². The van der Waals surface area contributed by atoms with Crippen LogP contribution in [0.1, 0.15) is 135 Å². The lowest BCUT2D eigenvalue weighted by atomic mass is 9.78. The molecule has 2 aliphatic rings. The van der Waals surface area contributed by atoms with E-state index in [0.717, 1.165) is 31.0 Å². The highest BCUT2D eigenvalue weighted by atomic mass is 19.1. The molecular formula is C50H58F2N2O3. The number of benzene rings is 4. The first-order valence-corrected chi connectivity index (χ1v) is 20.3. The zero-order chi connectivity index (χ0) is 41.3. The maximum atomic E-state index is 13.6. The first-order valence-electron chi connectivity index (χ1n) is 20.3. The number of hydrogen-bond acceptors (Lipinski definition) is 3. The van der Waals surface area contributed by atoms with Gasteiger partial charge in [-0.05, 0) is 141 Å². The van der Waals surface area contributed by atoms with Crippen molar-refractivity contribution in [3.05, 3.63) is 142 Å². The Balaban J connectivity index is 0.000000211. The van der Waals surface area contributed by atoms with Crippen molar-refractivity contribution in [2.24, 2.45) is 28.4 Å². The first-order chi connectivity index (χ1) is 27.3. The zero-order valence-electron chi connectivity index (χ0n) is 34.0. The number of aromatic carboxylic acids is 1. The minimum Gasteiger partial charge on any atom is -0.478 e. The molecule has 0 atom stereocenters. The van der Waals surface area contributed by atoms with E-state index in [1.54, 1.807) is 60.7 Å². The molecule has 0 unspecified atom stereocenters. The number of nitrogens with one attached hydrogen (secondary N) is 1. The molecule has 4 aromatic rings. The number of nitrogens with two attached hydrogens (primary N) is 1. The molecule has 0 radical (unpaired) electrons. The summed E-state index contributed by atoms with van der Waals surface area (Å²) in [6.45, 7) is 10.8. The summed E-state index contributed by atoms with van der Waals surface area (Å²) in [5.74, 6) is 11.0.